The van der Waals surface area contributed by atoms with Crippen LogP contribution >= 0.6 is 0 Å². The molecule has 0 unspecified atom stereocenters. The third kappa shape index (κ3) is 3.62. The average Bonchev–Trinajstić information content (AvgIpc) is 2.76. The lowest BCUT2D eigenvalue weighted by atomic mass is 10.1. The van der Waals surface area contributed by atoms with Crippen molar-refractivity contribution < 1.29 is 13.2 Å². The number of nitrogens with one attached hydrogen (secondary N) is 1. The highest BCUT2D eigenvalue weighted by Gasteiger charge is 2.18. The molecule has 8 nitrogen and oxygen atoms in total. The van der Waals surface area contributed by atoms with Gasteiger partial charge in [-0.05, 0) is 37.3 Å². The van der Waals surface area contributed by atoms with E-state index in [9.17, 15) is 13.2 Å². The molecule has 0 radical (unpaired) electrons. The van der Waals surface area contributed by atoms with Crippen molar-refractivity contribution in [2.45, 2.75) is 11.8 Å². The molecule has 1 N–H and O–H groups in total. The Bertz CT molecular complexity index is 1400. The molecule has 30 heavy (non-hydrogen) atoms. The number of fused-ring (bicyclic) bond motifs is 1. The summed E-state index contributed by atoms with van der Waals surface area (Å²) in [6.07, 6.45) is 4.73. The number of benzene rings is 1. The summed E-state index contributed by atoms with van der Waals surface area (Å²) in [5.41, 5.74) is 2.33. The molecular weight excluding hydrogens is 404 g/mol. The first-order chi connectivity index (χ1) is 14.4. The van der Waals surface area contributed by atoms with Crippen LogP contribution in [0.5, 0.6) is 5.88 Å². The fraction of sp³-hybridized carbons (Fsp3) is 0.0952. The van der Waals surface area contributed by atoms with Crippen LogP contribution in [0.2, 0.25) is 0 Å². The normalized spacial score (nSPS) is 11.4. The molecule has 3 heterocycles. The van der Waals surface area contributed by atoms with Gasteiger partial charge in [-0.3, -0.25) is 13.9 Å². The van der Waals surface area contributed by atoms with Crippen molar-refractivity contribution in [1.82, 2.24) is 14.4 Å². The number of rotatable bonds is 5. The van der Waals surface area contributed by atoms with Gasteiger partial charge in [0.05, 0.1) is 12.0 Å². The summed E-state index contributed by atoms with van der Waals surface area (Å²) in [6.45, 7) is 1.69. The number of nitrogens with zero attached hydrogens (tertiary/aromatic N) is 3. The van der Waals surface area contributed by atoms with E-state index in [-0.39, 0.29) is 22.0 Å². The van der Waals surface area contributed by atoms with E-state index in [1.54, 1.807) is 55.7 Å². The Hall–Kier alpha value is -3.72. The van der Waals surface area contributed by atoms with E-state index in [0.717, 1.165) is 0 Å². The Kier molecular flexibility index (Phi) is 4.96. The number of hydrogen-bond donors (Lipinski definition) is 1. The Morgan fingerprint density at radius 2 is 1.77 bits per heavy atom. The lowest BCUT2D eigenvalue weighted by molar-refractivity contribution is 0.400. The van der Waals surface area contributed by atoms with E-state index in [0.29, 0.717) is 22.3 Å². The van der Waals surface area contributed by atoms with Crippen molar-refractivity contribution >= 4 is 21.4 Å². The zero-order valence-electron chi connectivity index (χ0n) is 16.2. The van der Waals surface area contributed by atoms with Crippen molar-refractivity contribution in [3.8, 4) is 17.0 Å². The fourth-order valence-corrected chi connectivity index (χ4v) is 4.06. The number of pyridine rings is 2. The molecule has 4 rings (SSSR count). The molecular formula is C21H18N4O4S. The molecule has 0 spiro atoms. The van der Waals surface area contributed by atoms with E-state index in [1.165, 1.54) is 29.8 Å². The second kappa shape index (κ2) is 7.60. The number of hydrogen-bond acceptors (Lipinski definition) is 6. The van der Waals surface area contributed by atoms with Gasteiger partial charge in [-0.1, -0.05) is 18.2 Å². The van der Waals surface area contributed by atoms with E-state index < -0.39 is 10.0 Å². The molecule has 0 fully saturated rings. The summed E-state index contributed by atoms with van der Waals surface area (Å²) >= 11 is 0. The second-order valence-electron chi connectivity index (χ2n) is 6.59. The third-order valence-electron chi connectivity index (χ3n) is 4.55. The Morgan fingerprint density at radius 1 is 1.00 bits per heavy atom. The Labute approximate surface area is 172 Å². The lowest BCUT2D eigenvalue weighted by Gasteiger charge is -2.13. The van der Waals surface area contributed by atoms with E-state index in [1.807, 2.05) is 0 Å². The quantitative estimate of drug-likeness (QED) is 0.531. The van der Waals surface area contributed by atoms with Crippen molar-refractivity contribution in [1.29, 1.82) is 0 Å². The minimum absolute atomic E-state index is 0.122. The first kappa shape index (κ1) is 19.6. The van der Waals surface area contributed by atoms with Crippen LogP contribution in [0.15, 0.2) is 76.8 Å². The van der Waals surface area contributed by atoms with Crippen molar-refractivity contribution in [3.63, 3.8) is 0 Å². The first-order valence-electron chi connectivity index (χ1n) is 8.99. The number of aryl methyl sites for hydroxylation is 1. The van der Waals surface area contributed by atoms with Gasteiger partial charge in [-0.25, -0.2) is 18.4 Å². The van der Waals surface area contributed by atoms with Crippen molar-refractivity contribution in [2.24, 2.45) is 0 Å². The monoisotopic (exact) mass is 422 g/mol. The highest BCUT2D eigenvalue weighted by atomic mass is 32.2. The summed E-state index contributed by atoms with van der Waals surface area (Å²) in [6, 6.07) is 13.1. The summed E-state index contributed by atoms with van der Waals surface area (Å²) in [7, 11) is -2.42. The van der Waals surface area contributed by atoms with Gasteiger partial charge >= 0.3 is 0 Å². The van der Waals surface area contributed by atoms with Crippen molar-refractivity contribution in [3.05, 3.63) is 83.0 Å². The largest absolute Gasteiger partial charge is 0.480 e. The number of aromatic nitrogens is 3. The van der Waals surface area contributed by atoms with Crippen LogP contribution in [0.4, 0.5) is 5.69 Å². The van der Waals surface area contributed by atoms with Gasteiger partial charge in [-0.2, -0.15) is 0 Å². The van der Waals surface area contributed by atoms with Gasteiger partial charge in [0, 0.05) is 35.3 Å². The average molecular weight is 422 g/mol. The molecule has 0 saturated heterocycles. The second-order valence-corrected chi connectivity index (χ2v) is 8.27. The van der Waals surface area contributed by atoms with Crippen LogP contribution in [0, 0.1) is 6.92 Å². The highest BCUT2D eigenvalue weighted by molar-refractivity contribution is 7.92. The zero-order chi connectivity index (χ0) is 21.3. The number of ether oxygens (including phenoxy) is 1. The molecule has 0 amide bonds. The molecule has 152 valence electrons. The summed E-state index contributed by atoms with van der Waals surface area (Å²) in [5.74, 6) is 0.133. The van der Waals surface area contributed by atoms with Crippen LogP contribution in [0.25, 0.3) is 16.8 Å². The van der Waals surface area contributed by atoms with E-state index in [4.69, 9.17) is 4.74 Å². The van der Waals surface area contributed by atoms with Gasteiger partial charge in [0.15, 0.2) is 0 Å². The van der Waals surface area contributed by atoms with Gasteiger partial charge in [0.2, 0.25) is 5.88 Å². The zero-order valence-corrected chi connectivity index (χ0v) is 17.1. The summed E-state index contributed by atoms with van der Waals surface area (Å²) in [4.78, 5) is 21.0. The van der Waals surface area contributed by atoms with Crippen LogP contribution in [0.1, 0.15) is 5.56 Å². The molecule has 0 atom stereocenters. The third-order valence-corrected chi connectivity index (χ3v) is 5.93. The van der Waals surface area contributed by atoms with Crippen molar-refractivity contribution in [2.75, 3.05) is 11.8 Å². The van der Waals surface area contributed by atoms with Gasteiger partial charge in [0.25, 0.3) is 15.6 Å². The molecule has 0 saturated carbocycles. The van der Waals surface area contributed by atoms with Crippen LogP contribution in [-0.2, 0) is 10.0 Å². The fourth-order valence-electron chi connectivity index (χ4n) is 2.99. The van der Waals surface area contributed by atoms with Gasteiger partial charge in [-0.15, -0.1) is 0 Å². The van der Waals surface area contributed by atoms with Crippen LogP contribution in [-0.4, -0.2) is 29.9 Å². The van der Waals surface area contributed by atoms with Crippen LogP contribution < -0.4 is 15.0 Å². The predicted octanol–water partition coefficient (Wildman–Crippen LogP) is 2.87. The molecule has 0 aliphatic heterocycles. The maximum Gasteiger partial charge on any atom is 0.262 e. The van der Waals surface area contributed by atoms with Gasteiger partial charge in [0.1, 0.15) is 11.3 Å². The minimum atomic E-state index is -3.83. The smallest absolute Gasteiger partial charge is 0.262 e. The Morgan fingerprint density at radius 3 is 2.50 bits per heavy atom. The van der Waals surface area contributed by atoms with E-state index in [2.05, 4.69) is 14.7 Å². The standard InChI is InChI=1S/C21H18N4O4S/c1-14-11-22-19-9-8-15(13-25(19)21(14)26)16-10-18(20(29-2)23-12-16)24-30(27,28)17-6-4-3-5-7-17/h3-13,24H,1-2H3. The maximum atomic E-state index is 12.7. The summed E-state index contributed by atoms with van der Waals surface area (Å²) in [5, 5.41) is 0. The first-order valence-corrected chi connectivity index (χ1v) is 10.5. The molecule has 3 aromatic heterocycles. The summed E-state index contributed by atoms with van der Waals surface area (Å²) < 4.78 is 34.6. The molecule has 4 aromatic rings. The number of anilines is 1. The topological polar surface area (TPSA) is 103 Å². The molecule has 0 aliphatic rings. The number of sulfonamides is 1. The maximum absolute atomic E-state index is 12.7. The predicted molar refractivity (Wildman–Crippen MR) is 113 cm³/mol. The molecule has 0 bridgehead atoms. The molecule has 0 aliphatic carbocycles. The minimum Gasteiger partial charge on any atom is -0.480 e. The lowest BCUT2D eigenvalue weighted by Crippen LogP contribution is -2.17. The van der Waals surface area contributed by atoms with Crippen LogP contribution in [0.3, 0.4) is 0 Å². The Balaban J connectivity index is 1.79. The number of methoxy groups -OCH3 is 1. The van der Waals surface area contributed by atoms with Gasteiger partial charge < -0.3 is 4.74 Å². The van der Waals surface area contributed by atoms with E-state index >= 15 is 0 Å². The molecule has 1 aromatic carbocycles. The SMILES string of the molecule is COc1ncc(-c2ccc3ncc(C)c(=O)n3c2)cc1NS(=O)(=O)c1ccccc1. The highest BCUT2D eigenvalue weighted by Crippen LogP contribution is 2.30. The molecule has 9 heteroatoms.